The van der Waals surface area contributed by atoms with E-state index >= 15 is 0 Å². The van der Waals surface area contributed by atoms with Gasteiger partial charge in [0.2, 0.25) is 17.7 Å². The number of anilines is 1. The predicted octanol–water partition coefficient (Wildman–Crippen LogP) is 2.70. The monoisotopic (exact) mass is 511 g/mol. The molecule has 11 heteroatoms. The molecule has 2 aromatic rings. The van der Waals surface area contributed by atoms with Gasteiger partial charge in [-0.25, -0.2) is 9.78 Å². The number of imide groups is 1. The van der Waals surface area contributed by atoms with Gasteiger partial charge in [0.15, 0.2) is 0 Å². The summed E-state index contributed by atoms with van der Waals surface area (Å²) in [4.78, 5) is 66.2. The topological polar surface area (TPSA) is 148 Å². The molecular formula is C26H33N5O6. The number of nitrogens with zero attached hydrogens (tertiary/aromatic N) is 2. The number of alkyl carbamates (subject to hydrolysis) is 1. The highest BCUT2D eigenvalue weighted by Gasteiger charge is 2.32. The smallest absolute Gasteiger partial charge is 0.407 e. The summed E-state index contributed by atoms with van der Waals surface area (Å²) in [6.45, 7) is 7.07. The third kappa shape index (κ3) is 6.15. The van der Waals surface area contributed by atoms with Gasteiger partial charge < -0.3 is 15.4 Å². The quantitative estimate of drug-likeness (QED) is 0.505. The zero-order valence-electron chi connectivity index (χ0n) is 21.6. The summed E-state index contributed by atoms with van der Waals surface area (Å²) in [6, 6.07) is 4.20. The maximum atomic E-state index is 13.3. The molecule has 1 aromatic carbocycles. The van der Waals surface area contributed by atoms with Crippen LogP contribution in [0.25, 0.3) is 10.9 Å². The van der Waals surface area contributed by atoms with Gasteiger partial charge in [-0.15, -0.1) is 0 Å². The number of piperidine rings is 1. The highest BCUT2D eigenvalue weighted by Crippen LogP contribution is 2.32. The molecule has 198 valence electrons. The average Bonchev–Trinajstić information content (AvgIpc) is 2.76. The van der Waals surface area contributed by atoms with Crippen molar-refractivity contribution >= 4 is 40.4 Å². The Labute approximate surface area is 214 Å². The minimum atomic E-state index is -0.809. The first-order chi connectivity index (χ1) is 17.4. The van der Waals surface area contributed by atoms with Crippen LogP contribution in [0.2, 0.25) is 0 Å². The number of para-hydroxylation sites is 1. The molecule has 4 amide bonds. The standard InChI is InChI=1S/C26H33N5O6/c1-14-27-22-17(24(35)31(14)19-9-11-21(33)30-23(19)34)6-5-7-18(22)29-20(32)10-8-15-12-16(13-15)28-25(36)37-26(2,3)4/h5-7,15-16,19H,8-13H2,1-4H3,(H,28,36)(H,29,32)(H,30,33,34). The van der Waals surface area contributed by atoms with E-state index in [-0.39, 0.29) is 36.1 Å². The second kappa shape index (κ2) is 10.3. The zero-order chi connectivity index (χ0) is 26.9. The van der Waals surface area contributed by atoms with Gasteiger partial charge in [-0.1, -0.05) is 6.07 Å². The number of amides is 4. The molecule has 1 atom stereocenters. The lowest BCUT2D eigenvalue weighted by molar-refractivity contribution is -0.135. The Hall–Kier alpha value is -3.76. The van der Waals surface area contributed by atoms with Gasteiger partial charge in [-0.05, 0) is 71.4 Å². The molecule has 0 radical (unpaired) electrons. The number of fused-ring (bicyclic) bond motifs is 1. The molecule has 1 unspecified atom stereocenters. The number of hydrogen-bond donors (Lipinski definition) is 3. The van der Waals surface area contributed by atoms with E-state index < -0.39 is 29.2 Å². The molecule has 1 aliphatic carbocycles. The first-order valence-corrected chi connectivity index (χ1v) is 12.6. The van der Waals surface area contributed by atoms with E-state index in [4.69, 9.17) is 4.74 Å². The highest BCUT2D eigenvalue weighted by molar-refractivity contribution is 6.01. The van der Waals surface area contributed by atoms with Gasteiger partial charge in [0.25, 0.3) is 5.56 Å². The summed E-state index contributed by atoms with van der Waals surface area (Å²) >= 11 is 0. The van der Waals surface area contributed by atoms with Crippen LogP contribution in [0, 0.1) is 12.8 Å². The normalized spacial score (nSPS) is 21.7. The Morgan fingerprint density at radius 2 is 1.92 bits per heavy atom. The van der Waals surface area contributed by atoms with Crippen molar-refractivity contribution in [2.45, 2.75) is 83.9 Å². The van der Waals surface area contributed by atoms with Crippen molar-refractivity contribution in [3.63, 3.8) is 0 Å². The summed E-state index contributed by atoms with van der Waals surface area (Å²) in [7, 11) is 0. The first-order valence-electron chi connectivity index (χ1n) is 12.6. The summed E-state index contributed by atoms with van der Waals surface area (Å²) in [5.41, 5.74) is -0.160. The largest absolute Gasteiger partial charge is 0.444 e. The number of carbonyl (C=O) groups excluding carboxylic acids is 4. The third-order valence-corrected chi connectivity index (χ3v) is 6.64. The van der Waals surface area contributed by atoms with Crippen molar-refractivity contribution in [2.24, 2.45) is 5.92 Å². The van der Waals surface area contributed by atoms with Gasteiger partial charge in [-0.3, -0.25) is 29.1 Å². The van der Waals surface area contributed by atoms with E-state index in [0.29, 0.717) is 35.8 Å². The summed E-state index contributed by atoms with van der Waals surface area (Å²) in [5, 5.41) is 8.27. The van der Waals surface area contributed by atoms with Crippen molar-refractivity contribution in [3.05, 3.63) is 34.4 Å². The van der Waals surface area contributed by atoms with Crippen molar-refractivity contribution in [1.29, 1.82) is 0 Å². The minimum absolute atomic E-state index is 0.0553. The maximum absolute atomic E-state index is 13.3. The van der Waals surface area contributed by atoms with E-state index in [1.165, 1.54) is 4.57 Å². The van der Waals surface area contributed by atoms with Gasteiger partial charge in [0.1, 0.15) is 23.0 Å². The van der Waals surface area contributed by atoms with Crippen molar-refractivity contribution in [2.75, 3.05) is 5.32 Å². The van der Waals surface area contributed by atoms with E-state index in [0.717, 1.165) is 12.8 Å². The van der Waals surface area contributed by atoms with E-state index in [1.54, 1.807) is 25.1 Å². The number of hydrogen-bond acceptors (Lipinski definition) is 7. The van der Waals surface area contributed by atoms with Crippen LogP contribution in [0.4, 0.5) is 10.5 Å². The van der Waals surface area contributed by atoms with Crippen LogP contribution in [0.15, 0.2) is 23.0 Å². The first kappa shape index (κ1) is 26.3. The lowest BCUT2D eigenvalue weighted by atomic mass is 9.77. The van der Waals surface area contributed by atoms with E-state index in [2.05, 4.69) is 20.9 Å². The number of rotatable bonds is 6. The van der Waals surface area contributed by atoms with Gasteiger partial charge >= 0.3 is 6.09 Å². The molecule has 1 aromatic heterocycles. The summed E-state index contributed by atoms with van der Waals surface area (Å²) in [6.07, 6.45) is 2.51. The van der Waals surface area contributed by atoms with Gasteiger partial charge in [0, 0.05) is 18.9 Å². The molecule has 2 heterocycles. The van der Waals surface area contributed by atoms with E-state index in [9.17, 15) is 24.0 Å². The molecule has 2 fully saturated rings. The Morgan fingerprint density at radius 1 is 1.19 bits per heavy atom. The Morgan fingerprint density at radius 3 is 2.59 bits per heavy atom. The Kier molecular flexibility index (Phi) is 7.33. The van der Waals surface area contributed by atoms with Crippen LogP contribution < -0.4 is 21.5 Å². The molecule has 1 saturated heterocycles. The van der Waals surface area contributed by atoms with Crippen molar-refractivity contribution in [1.82, 2.24) is 20.2 Å². The lowest BCUT2D eigenvalue weighted by Crippen LogP contribution is -2.46. The number of nitrogens with one attached hydrogen (secondary N) is 3. The molecule has 37 heavy (non-hydrogen) atoms. The highest BCUT2D eigenvalue weighted by atomic mass is 16.6. The summed E-state index contributed by atoms with van der Waals surface area (Å²) in [5.74, 6) is -0.412. The Bertz CT molecular complexity index is 1310. The van der Waals surface area contributed by atoms with Crippen LogP contribution in [-0.4, -0.2) is 45.0 Å². The second-order valence-corrected chi connectivity index (χ2v) is 10.8. The van der Waals surface area contributed by atoms with Gasteiger partial charge in [-0.2, -0.15) is 0 Å². The SMILES string of the molecule is Cc1nc2c(NC(=O)CCC3CC(NC(=O)OC(C)(C)C)C3)cccc2c(=O)n1C1CCC(=O)NC1=O. The fourth-order valence-corrected chi connectivity index (χ4v) is 4.84. The average molecular weight is 512 g/mol. The zero-order valence-corrected chi connectivity index (χ0v) is 21.6. The van der Waals surface area contributed by atoms with E-state index in [1.807, 2.05) is 20.8 Å². The number of aryl methyl sites for hydroxylation is 1. The Balaban J connectivity index is 1.37. The molecular weight excluding hydrogens is 478 g/mol. The van der Waals surface area contributed by atoms with Crippen LogP contribution in [0.3, 0.4) is 0 Å². The molecule has 1 saturated carbocycles. The molecule has 0 bridgehead atoms. The fraction of sp³-hybridized carbons (Fsp3) is 0.538. The molecule has 11 nitrogen and oxygen atoms in total. The maximum Gasteiger partial charge on any atom is 0.407 e. The molecule has 3 N–H and O–H groups in total. The lowest BCUT2D eigenvalue weighted by Gasteiger charge is -2.36. The number of aromatic nitrogens is 2. The fourth-order valence-electron chi connectivity index (χ4n) is 4.84. The predicted molar refractivity (Wildman–Crippen MR) is 136 cm³/mol. The minimum Gasteiger partial charge on any atom is -0.444 e. The summed E-state index contributed by atoms with van der Waals surface area (Å²) < 4.78 is 6.58. The van der Waals surface area contributed by atoms with Crippen LogP contribution in [0.1, 0.15) is 71.2 Å². The van der Waals surface area contributed by atoms with Crippen LogP contribution >= 0.6 is 0 Å². The number of ether oxygens (including phenoxy) is 1. The molecule has 4 rings (SSSR count). The molecule has 0 spiro atoms. The van der Waals surface area contributed by atoms with Crippen molar-refractivity contribution in [3.8, 4) is 0 Å². The van der Waals surface area contributed by atoms with Gasteiger partial charge in [0.05, 0.1) is 11.1 Å². The van der Waals surface area contributed by atoms with Crippen LogP contribution in [-0.2, 0) is 19.1 Å². The second-order valence-electron chi connectivity index (χ2n) is 10.8. The number of benzene rings is 1. The van der Waals surface area contributed by atoms with Crippen molar-refractivity contribution < 1.29 is 23.9 Å². The molecule has 1 aliphatic heterocycles. The number of carbonyl (C=O) groups is 4. The third-order valence-electron chi connectivity index (χ3n) is 6.64. The van der Waals surface area contributed by atoms with Crippen LogP contribution in [0.5, 0.6) is 0 Å². The molecule has 2 aliphatic rings.